The Hall–Kier alpha value is -2.61. The number of aromatic nitrogens is 1. The van der Waals surface area contributed by atoms with Gasteiger partial charge in [0.2, 0.25) is 0 Å². The predicted octanol–water partition coefficient (Wildman–Crippen LogP) is 4.06. The summed E-state index contributed by atoms with van der Waals surface area (Å²) < 4.78 is 0. The molecule has 0 fully saturated rings. The molecule has 0 atom stereocenters. The first-order valence-electron chi connectivity index (χ1n) is 6.18. The van der Waals surface area contributed by atoms with E-state index >= 15 is 0 Å². The van der Waals surface area contributed by atoms with Gasteiger partial charge in [-0.3, -0.25) is 4.79 Å². The lowest BCUT2D eigenvalue weighted by Gasteiger charge is -1.94. The summed E-state index contributed by atoms with van der Waals surface area (Å²) in [6.45, 7) is 0. The molecule has 0 aliphatic rings. The minimum atomic E-state index is 0.0151. The number of ketones is 1. The van der Waals surface area contributed by atoms with Gasteiger partial charge in [0.15, 0.2) is 5.78 Å². The van der Waals surface area contributed by atoms with E-state index in [1.54, 1.807) is 12.3 Å². The van der Waals surface area contributed by atoms with E-state index in [2.05, 4.69) is 4.98 Å². The zero-order valence-electron chi connectivity index (χ0n) is 10.3. The molecule has 3 rings (SSSR count). The molecule has 1 aromatic heterocycles. The highest BCUT2D eigenvalue weighted by Crippen LogP contribution is 2.18. The second kappa shape index (κ2) is 4.94. The quantitative estimate of drug-likeness (QED) is 0.549. The molecule has 0 unspecified atom stereocenters. The fourth-order valence-electron chi connectivity index (χ4n) is 2.10. The zero-order valence-corrected chi connectivity index (χ0v) is 10.3. The van der Waals surface area contributed by atoms with Gasteiger partial charge in [0, 0.05) is 22.7 Å². The number of allylic oxidation sites excluding steroid dienone is 1. The van der Waals surface area contributed by atoms with Crippen molar-refractivity contribution in [1.82, 2.24) is 4.98 Å². The van der Waals surface area contributed by atoms with Crippen LogP contribution in [0.5, 0.6) is 0 Å². The van der Waals surface area contributed by atoms with E-state index < -0.39 is 0 Å². The Morgan fingerprint density at radius 3 is 2.53 bits per heavy atom. The first-order chi connectivity index (χ1) is 9.34. The predicted molar refractivity (Wildman–Crippen MR) is 78.1 cm³/mol. The number of nitrogens with one attached hydrogen (secondary N) is 1. The third-order valence-electron chi connectivity index (χ3n) is 3.08. The van der Waals surface area contributed by atoms with Crippen LogP contribution in [0.3, 0.4) is 0 Å². The molecule has 0 aliphatic carbocycles. The highest BCUT2D eigenvalue weighted by Gasteiger charge is 2.08. The average molecular weight is 247 g/mol. The normalized spacial score (nSPS) is 11.2. The van der Waals surface area contributed by atoms with Crippen LogP contribution in [0.2, 0.25) is 0 Å². The summed E-state index contributed by atoms with van der Waals surface area (Å²) >= 11 is 0. The maximum absolute atomic E-state index is 12.2. The molecule has 2 nitrogen and oxygen atoms in total. The van der Waals surface area contributed by atoms with Crippen molar-refractivity contribution >= 4 is 22.8 Å². The number of H-pyrrole nitrogens is 1. The summed E-state index contributed by atoms with van der Waals surface area (Å²) in [5.74, 6) is 0.0151. The number of fused-ring (bicyclic) bond motifs is 1. The van der Waals surface area contributed by atoms with Crippen LogP contribution >= 0.6 is 0 Å². The molecule has 0 spiro atoms. The van der Waals surface area contributed by atoms with Crippen LogP contribution in [-0.4, -0.2) is 10.8 Å². The largest absolute Gasteiger partial charge is 0.360 e. The van der Waals surface area contributed by atoms with Crippen LogP contribution in [0.1, 0.15) is 15.9 Å². The molecule has 3 aromatic rings. The number of para-hydroxylation sites is 1. The third-order valence-corrected chi connectivity index (χ3v) is 3.08. The van der Waals surface area contributed by atoms with Gasteiger partial charge in [0.05, 0.1) is 0 Å². The standard InChI is InChI=1S/C17H13NO/c19-17(11-10-13-6-2-1-3-7-13)15-12-18-16-9-5-4-8-14(15)16/h1-12,18H. The smallest absolute Gasteiger partial charge is 0.187 e. The van der Waals surface area contributed by atoms with Crippen molar-refractivity contribution in [2.24, 2.45) is 0 Å². The summed E-state index contributed by atoms with van der Waals surface area (Å²) in [4.78, 5) is 15.3. The van der Waals surface area contributed by atoms with E-state index in [1.807, 2.05) is 60.7 Å². The molecule has 19 heavy (non-hydrogen) atoms. The van der Waals surface area contributed by atoms with Crippen LogP contribution in [-0.2, 0) is 0 Å². The fraction of sp³-hybridized carbons (Fsp3) is 0. The van der Waals surface area contributed by atoms with Crippen LogP contribution in [0.15, 0.2) is 66.9 Å². The lowest BCUT2D eigenvalue weighted by Crippen LogP contribution is -1.91. The first-order valence-corrected chi connectivity index (χ1v) is 6.18. The molecule has 92 valence electrons. The number of hydrogen-bond acceptors (Lipinski definition) is 1. The molecule has 0 aliphatic heterocycles. The van der Waals surface area contributed by atoms with Crippen molar-refractivity contribution in [1.29, 1.82) is 0 Å². The van der Waals surface area contributed by atoms with Gasteiger partial charge in [0.25, 0.3) is 0 Å². The van der Waals surface area contributed by atoms with Crippen LogP contribution < -0.4 is 0 Å². The van der Waals surface area contributed by atoms with Gasteiger partial charge >= 0.3 is 0 Å². The van der Waals surface area contributed by atoms with Crippen molar-refractivity contribution in [2.75, 3.05) is 0 Å². The molecule has 1 heterocycles. The molecule has 2 heteroatoms. The average Bonchev–Trinajstić information content (AvgIpc) is 2.90. The Bertz CT molecular complexity index is 738. The summed E-state index contributed by atoms with van der Waals surface area (Å²) in [6, 6.07) is 17.6. The lowest BCUT2D eigenvalue weighted by atomic mass is 10.1. The van der Waals surface area contributed by atoms with E-state index in [1.165, 1.54) is 0 Å². The maximum atomic E-state index is 12.2. The van der Waals surface area contributed by atoms with E-state index in [9.17, 15) is 4.79 Å². The van der Waals surface area contributed by atoms with Crippen LogP contribution in [0.4, 0.5) is 0 Å². The maximum Gasteiger partial charge on any atom is 0.187 e. The Balaban J connectivity index is 1.91. The summed E-state index contributed by atoms with van der Waals surface area (Å²) in [7, 11) is 0. The third kappa shape index (κ3) is 2.33. The second-order valence-corrected chi connectivity index (χ2v) is 4.36. The van der Waals surface area contributed by atoms with Crippen molar-refractivity contribution in [2.45, 2.75) is 0 Å². The Morgan fingerprint density at radius 2 is 1.68 bits per heavy atom. The number of hydrogen-bond donors (Lipinski definition) is 1. The first kappa shape index (κ1) is 11.5. The monoisotopic (exact) mass is 247 g/mol. The van der Waals surface area contributed by atoms with Gasteiger partial charge in [-0.2, -0.15) is 0 Å². The number of benzene rings is 2. The topological polar surface area (TPSA) is 32.9 Å². The molecular weight excluding hydrogens is 234 g/mol. The molecule has 0 amide bonds. The fourth-order valence-corrected chi connectivity index (χ4v) is 2.10. The molecule has 2 aromatic carbocycles. The SMILES string of the molecule is O=C(C=Cc1ccccc1)c1c[nH]c2ccccc12. The number of rotatable bonds is 3. The van der Waals surface area contributed by atoms with E-state index in [0.717, 1.165) is 16.5 Å². The Morgan fingerprint density at radius 1 is 0.947 bits per heavy atom. The lowest BCUT2D eigenvalue weighted by molar-refractivity contribution is 0.104. The molecule has 0 saturated carbocycles. The van der Waals surface area contributed by atoms with Gasteiger partial charge in [-0.15, -0.1) is 0 Å². The highest BCUT2D eigenvalue weighted by molar-refractivity contribution is 6.14. The summed E-state index contributed by atoms with van der Waals surface area (Å²) in [5.41, 5.74) is 2.72. The Kier molecular flexibility index (Phi) is 2.99. The van der Waals surface area contributed by atoms with Crippen LogP contribution in [0, 0.1) is 0 Å². The van der Waals surface area contributed by atoms with E-state index in [-0.39, 0.29) is 5.78 Å². The summed E-state index contributed by atoms with van der Waals surface area (Å²) in [5, 5.41) is 0.963. The van der Waals surface area contributed by atoms with Crippen LogP contribution in [0.25, 0.3) is 17.0 Å². The van der Waals surface area contributed by atoms with Crippen molar-refractivity contribution in [3.63, 3.8) is 0 Å². The second-order valence-electron chi connectivity index (χ2n) is 4.36. The molecule has 0 radical (unpaired) electrons. The minimum Gasteiger partial charge on any atom is -0.360 e. The van der Waals surface area contributed by atoms with Gasteiger partial charge in [-0.1, -0.05) is 54.6 Å². The summed E-state index contributed by atoms with van der Waals surface area (Å²) in [6.07, 6.45) is 5.22. The number of aromatic amines is 1. The molecule has 0 bridgehead atoms. The van der Waals surface area contributed by atoms with Crippen molar-refractivity contribution < 1.29 is 4.79 Å². The number of carbonyl (C=O) groups excluding carboxylic acids is 1. The van der Waals surface area contributed by atoms with E-state index in [0.29, 0.717) is 5.56 Å². The van der Waals surface area contributed by atoms with Gasteiger partial charge < -0.3 is 4.98 Å². The van der Waals surface area contributed by atoms with Crippen molar-refractivity contribution in [3.8, 4) is 0 Å². The molecule has 1 N–H and O–H groups in total. The van der Waals surface area contributed by atoms with E-state index in [4.69, 9.17) is 0 Å². The van der Waals surface area contributed by atoms with Gasteiger partial charge in [0.1, 0.15) is 0 Å². The van der Waals surface area contributed by atoms with Gasteiger partial charge in [-0.25, -0.2) is 0 Å². The van der Waals surface area contributed by atoms with Gasteiger partial charge in [-0.05, 0) is 17.7 Å². The molecule has 0 saturated heterocycles. The zero-order chi connectivity index (χ0) is 13.1. The molecular formula is C17H13NO. The Labute approximate surface area is 111 Å². The number of carbonyl (C=O) groups is 1. The highest BCUT2D eigenvalue weighted by atomic mass is 16.1. The van der Waals surface area contributed by atoms with Crippen molar-refractivity contribution in [3.05, 3.63) is 78.0 Å². The minimum absolute atomic E-state index is 0.0151.